The number of amides is 1. The molecule has 1 aromatic carbocycles. The Balaban J connectivity index is 2.09. The van der Waals surface area contributed by atoms with Gasteiger partial charge in [0.05, 0.1) is 12.0 Å². The van der Waals surface area contributed by atoms with Crippen LogP contribution in [0.4, 0.5) is 0 Å². The Morgan fingerprint density at radius 3 is 2.76 bits per heavy atom. The first-order chi connectivity index (χ1) is 8.22. The predicted molar refractivity (Wildman–Crippen MR) is 65.3 cm³/mol. The van der Waals surface area contributed by atoms with E-state index in [1.54, 1.807) is 17.0 Å². The summed E-state index contributed by atoms with van der Waals surface area (Å²) in [4.78, 5) is 13.9. The van der Waals surface area contributed by atoms with Gasteiger partial charge in [-0.1, -0.05) is 24.1 Å². The van der Waals surface area contributed by atoms with E-state index in [4.69, 9.17) is 6.42 Å². The fourth-order valence-corrected chi connectivity index (χ4v) is 2.05. The molecule has 0 saturated carbocycles. The molecule has 0 radical (unpaired) electrons. The van der Waals surface area contributed by atoms with Gasteiger partial charge in [0.2, 0.25) is 0 Å². The molecule has 1 aromatic rings. The average Bonchev–Trinajstić information content (AvgIpc) is 2.39. The van der Waals surface area contributed by atoms with Crippen molar-refractivity contribution in [2.24, 2.45) is 5.92 Å². The van der Waals surface area contributed by atoms with Gasteiger partial charge in [-0.15, -0.1) is 6.42 Å². The highest BCUT2D eigenvalue weighted by molar-refractivity contribution is 5.94. The normalized spacial score (nSPS) is 24.1. The first kappa shape index (κ1) is 11.7. The van der Waals surface area contributed by atoms with E-state index in [-0.39, 0.29) is 11.8 Å². The van der Waals surface area contributed by atoms with Crippen LogP contribution in [0.3, 0.4) is 0 Å². The number of terminal acetylenes is 1. The number of likely N-dealkylation sites (tertiary alicyclic amines) is 1. The molecule has 88 valence electrons. The van der Waals surface area contributed by atoms with Crippen LogP contribution in [0.25, 0.3) is 0 Å². The summed E-state index contributed by atoms with van der Waals surface area (Å²) in [5.74, 6) is 2.28. The van der Waals surface area contributed by atoms with Gasteiger partial charge in [0.25, 0.3) is 5.91 Å². The van der Waals surface area contributed by atoms with Gasteiger partial charge in [0.1, 0.15) is 0 Å². The van der Waals surface area contributed by atoms with Gasteiger partial charge in [-0.05, 0) is 18.6 Å². The summed E-state index contributed by atoms with van der Waals surface area (Å²) in [7, 11) is 0. The third-order valence-electron chi connectivity index (χ3n) is 3.10. The van der Waals surface area contributed by atoms with Crippen LogP contribution in [-0.2, 0) is 0 Å². The molecule has 1 amide bonds. The highest BCUT2D eigenvalue weighted by Gasteiger charge is 2.29. The molecule has 0 aliphatic carbocycles. The van der Waals surface area contributed by atoms with Crippen LogP contribution in [0.2, 0.25) is 0 Å². The summed E-state index contributed by atoms with van der Waals surface area (Å²) >= 11 is 0. The number of aliphatic hydroxyl groups excluding tert-OH is 1. The van der Waals surface area contributed by atoms with Gasteiger partial charge in [0.15, 0.2) is 0 Å². The number of nitrogens with zero attached hydrogens (tertiary/aromatic N) is 1. The zero-order valence-corrected chi connectivity index (χ0v) is 9.54. The molecule has 3 heteroatoms. The van der Waals surface area contributed by atoms with Gasteiger partial charge in [0, 0.05) is 18.7 Å². The molecule has 1 saturated heterocycles. The second-order valence-electron chi connectivity index (χ2n) is 4.25. The fraction of sp³-hybridized carbons (Fsp3) is 0.357. The van der Waals surface area contributed by atoms with Crippen molar-refractivity contribution in [2.75, 3.05) is 13.1 Å². The molecule has 1 heterocycles. The van der Waals surface area contributed by atoms with Crippen LogP contribution in [0.5, 0.6) is 0 Å². The lowest BCUT2D eigenvalue weighted by atomic mass is 9.95. The highest BCUT2D eigenvalue weighted by atomic mass is 16.3. The van der Waals surface area contributed by atoms with E-state index in [2.05, 4.69) is 5.92 Å². The summed E-state index contributed by atoms with van der Waals surface area (Å²) in [5.41, 5.74) is 0.666. The van der Waals surface area contributed by atoms with Crippen LogP contribution < -0.4 is 0 Å². The van der Waals surface area contributed by atoms with E-state index < -0.39 is 6.10 Å². The smallest absolute Gasteiger partial charge is 0.253 e. The van der Waals surface area contributed by atoms with Crippen LogP contribution in [0.1, 0.15) is 16.8 Å². The third-order valence-corrected chi connectivity index (χ3v) is 3.10. The Hall–Kier alpha value is -1.79. The summed E-state index contributed by atoms with van der Waals surface area (Å²) in [6.45, 7) is 0.998. The first-order valence-electron chi connectivity index (χ1n) is 5.71. The lowest BCUT2D eigenvalue weighted by Crippen LogP contribution is -2.45. The number of carbonyl (C=O) groups excluding carboxylic acids is 1. The van der Waals surface area contributed by atoms with E-state index in [9.17, 15) is 9.90 Å². The van der Waals surface area contributed by atoms with Gasteiger partial charge >= 0.3 is 0 Å². The predicted octanol–water partition coefficient (Wildman–Crippen LogP) is 1.14. The van der Waals surface area contributed by atoms with Crippen molar-refractivity contribution in [2.45, 2.75) is 12.5 Å². The van der Waals surface area contributed by atoms with Crippen LogP contribution in [-0.4, -0.2) is 35.1 Å². The minimum atomic E-state index is -0.486. The van der Waals surface area contributed by atoms with E-state index in [1.165, 1.54) is 0 Å². The van der Waals surface area contributed by atoms with Crippen molar-refractivity contribution in [3.63, 3.8) is 0 Å². The van der Waals surface area contributed by atoms with Gasteiger partial charge in [-0.2, -0.15) is 0 Å². The molecule has 2 atom stereocenters. The summed E-state index contributed by atoms with van der Waals surface area (Å²) in [6.07, 6.45) is 5.41. The minimum absolute atomic E-state index is 0.0160. The molecule has 17 heavy (non-hydrogen) atoms. The molecule has 2 unspecified atom stereocenters. The fourth-order valence-electron chi connectivity index (χ4n) is 2.05. The van der Waals surface area contributed by atoms with Crippen molar-refractivity contribution in [1.29, 1.82) is 0 Å². The Morgan fingerprint density at radius 1 is 1.41 bits per heavy atom. The van der Waals surface area contributed by atoms with Crippen LogP contribution in [0.15, 0.2) is 30.3 Å². The Kier molecular flexibility index (Phi) is 3.46. The number of hydrogen-bond donors (Lipinski definition) is 1. The summed E-state index contributed by atoms with van der Waals surface area (Å²) < 4.78 is 0. The topological polar surface area (TPSA) is 40.5 Å². The van der Waals surface area contributed by atoms with Gasteiger partial charge in [-0.25, -0.2) is 0 Å². The number of benzene rings is 1. The SMILES string of the molecule is C#CC1CN(C(=O)c2ccccc2)CCC1O. The quantitative estimate of drug-likeness (QED) is 0.734. The molecule has 2 rings (SSSR count). The Morgan fingerprint density at radius 2 is 2.12 bits per heavy atom. The minimum Gasteiger partial charge on any atom is -0.392 e. The van der Waals surface area contributed by atoms with E-state index in [1.807, 2.05) is 18.2 Å². The molecule has 0 spiro atoms. The number of piperidine rings is 1. The first-order valence-corrected chi connectivity index (χ1v) is 5.71. The zero-order chi connectivity index (χ0) is 12.3. The van der Waals surface area contributed by atoms with Crippen molar-refractivity contribution in [1.82, 2.24) is 4.90 Å². The lowest BCUT2D eigenvalue weighted by molar-refractivity contribution is 0.0398. The molecule has 1 N–H and O–H groups in total. The number of aliphatic hydroxyl groups is 1. The number of rotatable bonds is 1. The van der Waals surface area contributed by atoms with Crippen LogP contribution >= 0.6 is 0 Å². The second-order valence-corrected chi connectivity index (χ2v) is 4.25. The molecule has 1 aliphatic heterocycles. The number of carbonyl (C=O) groups is 1. The maximum atomic E-state index is 12.1. The van der Waals surface area contributed by atoms with E-state index >= 15 is 0 Å². The molecule has 0 aromatic heterocycles. The van der Waals surface area contributed by atoms with Crippen molar-refractivity contribution >= 4 is 5.91 Å². The monoisotopic (exact) mass is 229 g/mol. The largest absolute Gasteiger partial charge is 0.392 e. The molecule has 0 bridgehead atoms. The summed E-state index contributed by atoms with van der Waals surface area (Å²) in [5, 5.41) is 9.66. The molecule has 1 fully saturated rings. The Labute approximate surface area is 101 Å². The molecular formula is C14H15NO2. The van der Waals surface area contributed by atoms with Gasteiger partial charge in [-0.3, -0.25) is 4.79 Å². The maximum absolute atomic E-state index is 12.1. The van der Waals surface area contributed by atoms with E-state index in [0.29, 0.717) is 25.1 Å². The standard InChI is InChI=1S/C14H15NO2/c1-2-11-10-15(9-8-13(11)16)14(17)12-6-4-3-5-7-12/h1,3-7,11,13,16H,8-10H2. The molecule has 3 nitrogen and oxygen atoms in total. The third kappa shape index (κ3) is 2.48. The molecule has 1 aliphatic rings. The van der Waals surface area contributed by atoms with Crippen molar-refractivity contribution in [3.8, 4) is 12.3 Å². The number of hydrogen-bond acceptors (Lipinski definition) is 2. The highest BCUT2D eigenvalue weighted by Crippen LogP contribution is 2.18. The van der Waals surface area contributed by atoms with Crippen molar-refractivity contribution in [3.05, 3.63) is 35.9 Å². The zero-order valence-electron chi connectivity index (χ0n) is 9.54. The van der Waals surface area contributed by atoms with E-state index in [0.717, 1.165) is 0 Å². The lowest BCUT2D eigenvalue weighted by Gasteiger charge is -2.33. The van der Waals surface area contributed by atoms with Crippen LogP contribution in [0, 0.1) is 18.3 Å². The summed E-state index contributed by atoms with van der Waals surface area (Å²) in [6, 6.07) is 9.13. The van der Waals surface area contributed by atoms with Gasteiger partial charge < -0.3 is 10.0 Å². The Bertz CT molecular complexity index is 435. The molecular weight excluding hydrogens is 214 g/mol. The van der Waals surface area contributed by atoms with Crippen molar-refractivity contribution < 1.29 is 9.90 Å². The second kappa shape index (κ2) is 5.03. The maximum Gasteiger partial charge on any atom is 0.253 e. The average molecular weight is 229 g/mol.